The Morgan fingerprint density at radius 2 is 1.15 bits per heavy atom. The number of fused-ring (bicyclic) bond motifs is 6. The van der Waals surface area contributed by atoms with Gasteiger partial charge in [-0.3, -0.25) is 4.98 Å². The summed E-state index contributed by atoms with van der Waals surface area (Å²) in [7, 11) is 0. The molecule has 1 N–H and O–H groups in total. The van der Waals surface area contributed by atoms with E-state index >= 15 is 0 Å². The fourth-order valence-corrected chi connectivity index (χ4v) is 9.46. The summed E-state index contributed by atoms with van der Waals surface area (Å²) in [5.74, 6) is 0. The van der Waals surface area contributed by atoms with Gasteiger partial charge in [-0.2, -0.15) is 0 Å². The third-order valence-corrected chi connectivity index (χ3v) is 12.3. The van der Waals surface area contributed by atoms with Crippen LogP contribution in [0.5, 0.6) is 0 Å². The van der Waals surface area contributed by atoms with E-state index in [4.69, 9.17) is 4.98 Å². The first kappa shape index (κ1) is 35.6. The number of hydrogen-bond donors (Lipinski definition) is 1. The highest BCUT2D eigenvalue weighted by molar-refractivity contribution is 6.23. The van der Waals surface area contributed by atoms with Gasteiger partial charge in [-0.15, -0.1) is 0 Å². The number of hydrogen-bond acceptors (Lipinski definition) is 4. The quantitative estimate of drug-likeness (QED) is 0.163. The Balaban J connectivity index is 1.05. The molecule has 0 amide bonds. The van der Waals surface area contributed by atoms with Crippen molar-refractivity contribution in [2.75, 3.05) is 0 Å². The third kappa shape index (κ3) is 5.94. The molecule has 12 rings (SSSR count). The van der Waals surface area contributed by atoms with Crippen molar-refractivity contribution in [2.24, 2.45) is 0 Å². The average Bonchev–Trinajstić information content (AvgIpc) is 3.92. The molecule has 10 aromatic rings. The van der Waals surface area contributed by atoms with Crippen molar-refractivity contribution in [1.29, 1.82) is 0 Å². The number of nitrogens with one attached hydrogen (secondary N) is 1. The van der Waals surface area contributed by atoms with Crippen molar-refractivity contribution >= 4 is 43.8 Å². The Bertz CT molecular complexity index is 3400. The van der Waals surface area contributed by atoms with Crippen molar-refractivity contribution in [3.05, 3.63) is 236 Å². The molecule has 3 aromatic heterocycles. The summed E-state index contributed by atoms with van der Waals surface area (Å²) < 4.78 is 2.47. The minimum atomic E-state index is 0.0628. The molecule has 0 radical (unpaired) electrons. The first-order chi connectivity index (χ1) is 30.8. The topological polar surface area (TPSA) is 46.0 Å². The minimum absolute atomic E-state index is 0.0628. The molecular formula is C57H39N5. The lowest BCUT2D eigenvalue weighted by Crippen LogP contribution is -2.32. The minimum Gasteiger partial charge on any atom is -0.359 e. The van der Waals surface area contributed by atoms with Crippen LogP contribution in [-0.2, 0) is 0 Å². The average molecular weight is 794 g/mol. The molecule has 2 aliphatic heterocycles. The summed E-state index contributed by atoms with van der Waals surface area (Å²) >= 11 is 0. The first-order valence-electron chi connectivity index (χ1n) is 21.1. The first-order valence-corrected chi connectivity index (χ1v) is 21.1. The van der Waals surface area contributed by atoms with E-state index in [0.29, 0.717) is 0 Å². The molecule has 2 aliphatic rings. The lowest BCUT2D eigenvalue weighted by atomic mass is 9.93. The van der Waals surface area contributed by atoms with Gasteiger partial charge in [0.2, 0.25) is 0 Å². The van der Waals surface area contributed by atoms with E-state index < -0.39 is 0 Å². The van der Waals surface area contributed by atoms with Gasteiger partial charge in [-0.1, -0.05) is 146 Å². The molecule has 0 aliphatic carbocycles. The second-order valence-electron chi connectivity index (χ2n) is 15.9. The third-order valence-electron chi connectivity index (χ3n) is 12.3. The van der Waals surface area contributed by atoms with Gasteiger partial charge >= 0.3 is 0 Å². The summed E-state index contributed by atoms with van der Waals surface area (Å²) in [5, 5.41) is 9.88. The largest absolute Gasteiger partial charge is 0.359 e. The molecule has 0 saturated heterocycles. The van der Waals surface area contributed by atoms with Crippen LogP contribution in [-0.4, -0.2) is 25.6 Å². The van der Waals surface area contributed by atoms with Gasteiger partial charge in [0.05, 0.1) is 34.0 Å². The van der Waals surface area contributed by atoms with Gasteiger partial charge in [0.15, 0.2) is 0 Å². The molecule has 292 valence electrons. The Kier molecular flexibility index (Phi) is 8.49. The number of rotatable bonds is 7. The van der Waals surface area contributed by atoms with Crippen LogP contribution in [0.1, 0.15) is 11.1 Å². The SMILES string of the molecule is C1=CC2NC(c3ccc(-n4c(-c5ccccc5)c(-c5ccccc5)c5c6ccc7cc(-c8cccc(-c9ccncc9)n8)ccc7c6ccc54)cc3)=C(c3ccccc3)N2C=C1. The lowest BCUT2D eigenvalue weighted by Gasteiger charge is -2.25. The number of aromatic nitrogens is 3. The standard InChI is InChI=1S/C57H39N5/c1-4-13-39(14-5-1)53-54-48-29-24-43-37-44(50-20-12-19-49(59-50)38-32-34-58-35-33-38)25-28-46(43)47(48)30-31-51(54)62(56(53)41-15-6-2-7-16-41)45-26-22-40(23-27-45)55-57(42-17-8-3-9-18-42)61-36-11-10-21-52(61)60-55/h1-37,52,60H. The van der Waals surface area contributed by atoms with Gasteiger partial charge in [-0.25, -0.2) is 4.98 Å². The Hall–Kier alpha value is -8.28. The molecule has 62 heavy (non-hydrogen) atoms. The maximum Gasteiger partial charge on any atom is 0.123 e. The van der Waals surface area contributed by atoms with Crippen molar-refractivity contribution < 1.29 is 0 Å². The normalized spacial score (nSPS) is 14.5. The van der Waals surface area contributed by atoms with E-state index in [1.165, 1.54) is 55.0 Å². The lowest BCUT2D eigenvalue weighted by molar-refractivity contribution is 0.443. The molecule has 0 bridgehead atoms. The van der Waals surface area contributed by atoms with Gasteiger partial charge in [0.25, 0.3) is 0 Å². The summed E-state index contributed by atoms with van der Waals surface area (Å²) in [4.78, 5) is 11.6. The number of allylic oxidation sites excluding steroid dienone is 2. The summed E-state index contributed by atoms with van der Waals surface area (Å²) in [5.41, 5.74) is 15.6. The predicted octanol–water partition coefficient (Wildman–Crippen LogP) is 13.5. The van der Waals surface area contributed by atoms with E-state index in [1.807, 2.05) is 24.5 Å². The summed E-state index contributed by atoms with van der Waals surface area (Å²) in [6.07, 6.45) is 12.3. The van der Waals surface area contributed by atoms with Crippen LogP contribution in [0, 0.1) is 0 Å². The van der Waals surface area contributed by atoms with Crippen molar-refractivity contribution in [3.63, 3.8) is 0 Å². The van der Waals surface area contributed by atoms with Crippen LogP contribution in [0.15, 0.2) is 225 Å². The van der Waals surface area contributed by atoms with E-state index in [9.17, 15) is 0 Å². The van der Waals surface area contributed by atoms with Gasteiger partial charge in [0.1, 0.15) is 6.17 Å². The smallest absolute Gasteiger partial charge is 0.123 e. The molecule has 5 nitrogen and oxygen atoms in total. The molecule has 5 heteroatoms. The molecule has 1 atom stereocenters. The molecule has 5 heterocycles. The van der Waals surface area contributed by atoms with Gasteiger partial charge in [-0.05, 0) is 98.9 Å². The van der Waals surface area contributed by atoms with Crippen LogP contribution in [0.4, 0.5) is 0 Å². The van der Waals surface area contributed by atoms with Crippen LogP contribution in [0.3, 0.4) is 0 Å². The van der Waals surface area contributed by atoms with Crippen LogP contribution in [0.25, 0.3) is 94.4 Å². The molecule has 7 aromatic carbocycles. The fourth-order valence-electron chi connectivity index (χ4n) is 9.46. The second kappa shape index (κ2) is 14.8. The molecule has 0 saturated carbocycles. The van der Waals surface area contributed by atoms with E-state index in [1.54, 1.807) is 0 Å². The van der Waals surface area contributed by atoms with Crippen molar-refractivity contribution in [1.82, 2.24) is 24.8 Å². The highest BCUT2D eigenvalue weighted by atomic mass is 15.3. The van der Waals surface area contributed by atoms with E-state index in [-0.39, 0.29) is 6.17 Å². The number of nitrogens with zero attached hydrogens (tertiary/aromatic N) is 4. The second-order valence-corrected chi connectivity index (χ2v) is 15.9. The summed E-state index contributed by atoms with van der Waals surface area (Å²) in [6.45, 7) is 0. The van der Waals surface area contributed by atoms with Gasteiger partial charge in [0, 0.05) is 51.9 Å². The maximum absolute atomic E-state index is 5.06. The Morgan fingerprint density at radius 1 is 0.484 bits per heavy atom. The monoisotopic (exact) mass is 793 g/mol. The number of pyridine rings is 2. The zero-order valence-corrected chi connectivity index (χ0v) is 33.7. The molecule has 0 fully saturated rings. The molecular weight excluding hydrogens is 755 g/mol. The fraction of sp³-hybridized carbons (Fsp3) is 0.0175. The maximum atomic E-state index is 5.06. The van der Waals surface area contributed by atoms with E-state index in [0.717, 1.165) is 50.5 Å². The highest BCUT2D eigenvalue weighted by Crippen LogP contribution is 2.47. The van der Waals surface area contributed by atoms with Gasteiger partial charge < -0.3 is 14.8 Å². The van der Waals surface area contributed by atoms with Crippen molar-refractivity contribution in [2.45, 2.75) is 6.17 Å². The highest BCUT2D eigenvalue weighted by Gasteiger charge is 2.31. The Morgan fingerprint density at radius 3 is 1.90 bits per heavy atom. The number of benzene rings is 7. The predicted molar refractivity (Wildman–Crippen MR) is 256 cm³/mol. The van der Waals surface area contributed by atoms with Crippen molar-refractivity contribution in [3.8, 4) is 50.6 Å². The summed E-state index contributed by atoms with van der Waals surface area (Å²) in [6, 6.07) is 67.7. The van der Waals surface area contributed by atoms with Crippen LogP contribution in [0.2, 0.25) is 0 Å². The van der Waals surface area contributed by atoms with E-state index in [2.05, 4.69) is 220 Å². The Labute approximate surface area is 359 Å². The zero-order chi connectivity index (χ0) is 41.0. The van der Waals surface area contributed by atoms with Crippen LogP contribution < -0.4 is 5.32 Å². The van der Waals surface area contributed by atoms with Crippen LogP contribution >= 0.6 is 0 Å². The molecule has 0 spiro atoms. The zero-order valence-electron chi connectivity index (χ0n) is 33.7. The molecule has 1 unspecified atom stereocenters.